The molecule has 0 spiro atoms. The van der Waals surface area contributed by atoms with E-state index in [1.807, 2.05) is 5.38 Å². The zero-order valence-corrected chi connectivity index (χ0v) is 11.3. The van der Waals surface area contributed by atoms with Gasteiger partial charge in [0.25, 0.3) is 0 Å². The zero-order chi connectivity index (χ0) is 8.69. The molecule has 0 atom stereocenters. The van der Waals surface area contributed by atoms with Crippen molar-refractivity contribution in [2.24, 2.45) is 5.92 Å². The molecule has 4 heteroatoms. The third-order valence-electron chi connectivity index (χ3n) is 1.02. The molecule has 0 amide bonds. The molecule has 0 saturated heterocycles. The molecule has 1 aromatic rings. The Kier molecular flexibility index (Phi) is 7.56. The van der Waals surface area contributed by atoms with Crippen LogP contribution in [0.3, 0.4) is 0 Å². The van der Waals surface area contributed by atoms with Crippen molar-refractivity contribution in [2.45, 2.75) is 20.3 Å². The summed E-state index contributed by atoms with van der Waals surface area (Å²) < 4.78 is 0. The summed E-state index contributed by atoms with van der Waals surface area (Å²) in [5.41, 5.74) is 0. The third kappa shape index (κ3) is 5.78. The Hall–Kier alpha value is 0.543. The van der Waals surface area contributed by atoms with E-state index in [1.165, 1.54) is 5.01 Å². The first-order valence-electron chi connectivity index (χ1n) is 3.36. The van der Waals surface area contributed by atoms with Crippen molar-refractivity contribution in [3.05, 3.63) is 16.6 Å². The Morgan fingerprint density at radius 1 is 1.73 bits per heavy atom. The van der Waals surface area contributed by atoms with Gasteiger partial charge in [0.15, 0.2) is 0 Å². The van der Waals surface area contributed by atoms with Crippen LogP contribution in [0.25, 0.3) is 0 Å². The monoisotopic (exact) mass is 239 g/mol. The van der Waals surface area contributed by atoms with Gasteiger partial charge < -0.3 is 4.98 Å². The van der Waals surface area contributed by atoms with Gasteiger partial charge in [-0.15, -0.1) is 6.20 Å². The molecule has 0 unspecified atom stereocenters. The van der Waals surface area contributed by atoms with Gasteiger partial charge in [0, 0.05) is 0 Å². The van der Waals surface area contributed by atoms with Crippen molar-refractivity contribution in [2.75, 3.05) is 0 Å². The van der Waals surface area contributed by atoms with E-state index < -0.39 is 0 Å². The number of aromatic nitrogens is 1. The zero-order valence-electron chi connectivity index (χ0n) is 6.80. The second-order valence-electron chi connectivity index (χ2n) is 2.47. The Morgan fingerprint density at radius 2 is 2.36 bits per heavy atom. The second kappa shape index (κ2) is 7.21. The minimum absolute atomic E-state index is 0.713. The van der Waals surface area contributed by atoms with Crippen LogP contribution in [-0.2, 0) is 23.7 Å². The van der Waals surface area contributed by atoms with Crippen LogP contribution < -0.4 is 0 Å². The van der Waals surface area contributed by atoms with Crippen LogP contribution in [0.4, 0.5) is 0 Å². The van der Waals surface area contributed by atoms with Crippen molar-refractivity contribution in [3.63, 3.8) is 0 Å². The van der Waals surface area contributed by atoms with Crippen molar-refractivity contribution in [1.82, 2.24) is 4.98 Å². The summed E-state index contributed by atoms with van der Waals surface area (Å²) in [6, 6.07) is 0. The van der Waals surface area contributed by atoms with E-state index in [9.17, 15) is 0 Å². The van der Waals surface area contributed by atoms with Gasteiger partial charge in [-0.1, -0.05) is 36.6 Å². The molecule has 1 heterocycles. The van der Waals surface area contributed by atoms with Crippen molar-refractivity contribution >= 4 is 21.0 Å². The Bertz CT molecular complexity index is 165. The molecule has 1 aromatic heterocycles. The minimum atomic E-state index is 0.713. The first-order valence-corrected chi connectivity index (χ1v) is 8.14. The molecule has 0 aliphatic carbocycles. The standard InChI is InChI=1S/C7H10NS.ClH.Zn/c1-6(2)5-7-8-3-4-9-7;;/h4,6H,5H2,1-2H3;1H;/q-1;;+2/p-1. The molecule has 58 valence electrons. The number of hydrogen-bond donors (Lipinski definition) is 0. The number of nitrogens with zero attached hydrogens (tertiary/aromatic N) is 1. The fourth-order valence-corrected chi connectivity index (χ4v) is 1.44. The first-order chi connectivity index (χ1) is 5.29. The number of rotatable bonds is 2. The van der Waals surface area contributed by atoms with Gasteiger partial charge in [0.1, 0.15) is 0 Å². The summed E-state index contributed by atoms with van der Waals surface area (Å²) in [6.07, 6.45) is 3.90. The maximum absolute atomic E-state index is 4.76. The van der Waals surface area contributed by atoms with Crippen molar-refractivity contribution in [3.8, 4) is 0 Å². The molecule has 1 nitrogen and oxygen atoms in total. The summed E-state index contributed by atoms with van der Waals surface area (Å²) in [5, 5.41) is 3.10. The molecule has 0 radical (unpaired) electrons. The molecule has 0 N–H and O–H groups in total. The fourth-order valence-electron chi connectivity index (χ4n) is 0.662. The molecule has 0 aromatic carbocycles. The van der Waals surface area contributed by atoms with E-state index in [0.29, 0.717) is 5.92 Å². The topological polar surface area (TPSA) is 12.9 Å². The van der Waals surface area contributed by atoms with Gasteiger partial charge >= 0.3 is 27.0 Å². The van der Waals surface area contributed by atoms with E-state index in [-0.39, 0.29) is 0 Å². The number of halogens is 1. The van der Waals surface area contributed by atoms with Gasteiger partial charge in [0.2, 0.25) is 0 Å². The van der Waals surface area contributed by atoms with Crippen LogP contribution in [0, 0.1) is 12.1 Å². The fraction of sp³-hybridized carbons (Fsp3) is 0.571. The van der Waals surface area contributed by atoms with Crippen LogP contribution in [0.1, 0.15) is 18.9 Å². The molecule has 0 bridgehead atoms. The molecular weight excluding hydrogens is 231 g/mol. The summed E-state index contributed by atoms with van der Waals surface area (Å²) in [7, 11) is 4.76. The number of thiazole rings is 1. The first kappa shape index (κ1) is 11.5. The Morgan fingerprint density at radius 3 is 2.73 bits per heavy atom. The Balaban J connectivity index is 0.000000461. The number of hydrogen-bond acceptors (Lipinski definition) is 2. The molecule has 0 aliphatic rings. The van der Waals surface area contributed by atoms with E-state index in [4.69, 9.17) is 9.69 Å². The molecule has 11 heavy (non-hydrogen) atoms. The van der Waals surface area contributed by atoms with E-state index in [2.05, 4.69) is 25.0 Å². The van der Waals surface area contributed by atoms with Crippen LogP contribution in [-0.4, -0.2) is 4.98 Å². The molecule has 0 aliphatic heterocycles. The average molecular weight is 241 g/mol. The van der Waals surface area contributed by atoms with Gasteiger partial charge in [-0.3, -0.25) is 0 Å². The van der Waals surface area contributed by atoms with Crippen molar-refractivity contribution < 1.29 is 17.3 Å². The van der Waals surface area contributed by atoms with E-state index >= 15 is 0 Å². The quantitative estimate of drug-likeness (QED) is 0.573. The Labute approximate surface area is 85.9 Å². The normalized spacial score (nSPS) is 9.27. The maximum atomic E-state index is 4.76. The average Bonchev–Trinajstić information content (AvgIpc) is 2.43. The van der Waals surface area contributed by atoms with Crippen LogP contribution in [0.2, 0.25) is 0 Å². The van der Waals surface area contributed by atoms with Crippen LogP contribution >= 0.6 is 21.0 Å². The van der Waals surface area contributed by atoms with E-state index in [0.717, 1.165) is 23.7 Å². The SMILES string of the molecule is CC(C)Cc1n[c-]cs1.[Cl][Zn+]. The molecular formula is C7H10ClNSZn. The third-order valence-corrected chi connectivity index (χ3v) is 1.77. The van der Waals surface area contributed by atoms with Gasteiger partial charge in [-0.2, -0.15) is 0 Å². The van der Waals surface area contributed by atoms with E-state index in [1.54, 1.807) is 11.3 Å². The summed E-state index contributed by atoms with van der Waals surface area (Å²) in [4.78, 5) is 4.05. The molecule has 0 fully saturated rings. The molecule has 0 saturated carbocycles. The summed E-state index contributed by atoms with van der Waals surface area (Å²) >= 11 is 2.53. The van der Waals surface area contributed by atoms with Crippen LogP contribution in [0.15, 0.2) is 5.38 Å². The van der Waals surface area contributed by atoms with Crippen molar-refractivity contribution in [1.29, 1.82) is 0 Å². The van der Waals surface area contributed by atoms with Gasteiger partial charge in [0.05, 0.1) is 0 Å². The summed E-state index contributed by atoms with van der Waals surface area (Å²) in [5.74, 6) is 0.713. The summed E-state index contributed by atoms with van der Waals surface area (Å²) in [6.45, 7) is 4.39. The second-order valence-corrected chi connectivity index (χ2v) is 3.41. The van der Waals surface area contributed by atoms with Crippen LogP contribution in [0.5, 0.6) is 0 Å². The predicted octanol–water partition coefficient (Wildman–Crippen LogP) is 2.83. The predicted molar refractivity (Wildman–Crippen MR) is 45.3 cm³/mol. The van der Waals surface area contributed by atoms with Gasteiger partial charge in [-0.25, -0.2) is 11.3 Å². The van der Waals surface area contributed by atoms with Gasteiger partial charge in [-0.05, 0) is 0 Å². The molecule has 1 rings (SSSR count).